The van der Waals surface area contributed by atoms with Crippen molar-refractivity contribution >= 4 is 0 Å². The van der Waals surface area contributed by atoms with Crippen LogP contribution in [0.15, 0.2) is 6.07 Å². The maximum atomic E-state index is 13.5. The van der Waals surface area contributed by atoms with Crippen molar-refractivity contribution in [2.45, 2.75) is 19.9 Å². The summed E-state index contributed by atoms with van der Waals surface area (Å²) in [6, 6.07) is 1.13. The molecule has 4 heteroatoms. The zero-order valence-corrected chi connectivity index (χ0v) is 8.47. The third kappa shape index (κ3) is 1.65. The highest BCUT2D eigenvalue weighted by Crippen LogP contribution is 2.36. The van der Waals surface area contributed by atoms with Crippen LogP contribution in [-0.4, -0.2) is 12.2 Å². The van der Waals surface area contributed by atoms with E-state index in [0.717, 1.165) is 0 Å². The summed E-state index contributed by atoms with van der Waals surface area (Å²) in [4.78, 5) is 0. The number of halogens is 1. The molecule has 78 valence electrons. The predicted octanol–water partition coefficient (Wildman–Crippen LogP) is 1.87. The number of benzene rings is 1. The van der Waals surface area contributed by atoms with Gasteiger partial charge in [0, 0.05) is 11.6 Å². The molecule has 0 fully saturated rings. The van der Waals surface area contributed by atoms with E-state index in [0.29, 0.717) is 11.1 Å². The normalized spacial score (nSPS) is 12.6. The molecule has 3 N–H and O–H groups in total. The molecule has 0 aliphatic carbocycles. The summed E-state index contributed by atoms with van der Waals surface area (Å²) >= 11 is 0. The Kier molecular flexibility index (Phi) is 2.96. The largest absolute Gasteiger partial charge is 0.502 e. The maximum absolute atomic E-state index is 13.5. The lowest BCUT2D eigenvalue weighted by Crippen LogP contribution is -2.08. The van der Waals surface area contributed by atoms with Crippen molar-refractivity contribution in [1.29, 1.82) is 0 Å². The van der Waals surface area contributed by atoms with Gasteiger partial charge in [0.1, 0.15) is 0 Å². The molecule has 0 heterocycles. The van der Waals surface area contributed by atoms with Crippen LogP contribution in [0.2, 0.25) is 0 Å². The monoisotopic (exact) mass is 199 g/mol. The minimum absolute atomic E-state index is 0.159. The molecule has 0 amide bonds. The van der Waals surface area contributed by atoms with Crippen LogP contribution in [0.25, 0.3) is 0 Å². The minimum atomic E-state index is -0.706. The lowest BCUT2D eigenvalue weighted by atomic mass is 10.0. The van der Waals surface area contributed by atoms with Gasteiger partial charge in [-0.1, -0.05) is 0 Å². The van der Waals surface area contributed by atoms with Gasteiger partial charge >= 0.3 is 0 Å². The molecule has 0 aliphatic rings. The Hall–Kier alpha value is -1.29. The number of ether oxygens (including phenoxy) is 1. The van der Waals surface area contributed by atoms with Crippen molar-refractivity contribution < 1.29 is 14.2 Å². The van der Waals surface area contributed by atoms with E-state index in [1.54, 1.807) is 19.9 Å². The Balaban J connectivity index is 3.40. The van der Waals surface area contributed by atoms with Crippen molar-refractivity contribution in [1.82, 2.24) is 0 Å². The quantitative estimate of drug-likeness (QED) is 0.764. The summed E-state index contributed by atoms with van der Waals surface area (Å²) in [5.74, 6) is -1.02. The molecule has 0 spiro atoms. The van der Waals surface area contributed by atoms with Crippen LogP contribution in [-0.2, 0) is 0 Å². The molecule has 14 heavy (non-hydrogen) atoms. The molecule has 1 aromatic rings. The van der Waals surface area contributed by atoms with Gasteiger partial charge in [-0.25, -0.2) is 4.39 Å². The van der Waals surface area contributed by atoms with E-state index >= 15 is 0 Å². The van der Waals surface area contributed by atoms with Crippen LogP contribution < -0.4 is 10.5 Å². The van der Waals surface area contributed by atoms with Crippen molar-refractivity contribution in [2.75, 3.05) is 7.11 Å². The number of phenols is 1. The standard InChI is InChI=1S/C10H14FNO2/c1-5-4-7(6(2)12)8(11)9(13)10(5)14-3/h4,6,13H,12H2,1-3H3. The topological polar surface area (TPSA) is 55.5 Å². The number of hydrogen-bond donors (Lipinski definition) is 2. The molecule has 3 nitrogen and oxygen atoms in total. The van der Waals surface area contributed by atoms with E-state index in [2.05, 4.69) is 0 Å². The summed E-state index contributed by atoms with van der Waals surface area (Å²) in [6.07, 6.45) is 0. The van der Waals surface area contributed by atoms with Crippen LogP contribution in [0, 0.1) is 12.7 Å². The van der Waals surface area contributed by atoms with E-state index in [-0.39, 0.29) is 5.75 Å². The van der Waals surface area contributed by atoms with Gasteiger partial charge in [-0.05, 0) is 25.5 Å². The van der Waals surface area contributed by atoms with Crippen molar-refractivity contribution in [3.05, 3.63) is 23.0 Å². The highest BCUT2D eigenvalue weighted by atomic mass is 19.1. The Morgan fingerprint density at radius 1 is 1.57 bits per heavy atom. The summed E-state index contributed by atoms with van der Waals surface area (Å²) in [7, 11) is 1.38. The molecule has 1 atom stereocenters. The number of phenolic OH excluding ortho intramolecular Hbond substituents is 1. The van der Waals surface area contributed by atoms with Gasteiger partial charge in [0.2, 0.25) is 0 Å². The molecule has 0 aliphatic heterocycles. The zero-order chi connectivity index (χ0) is 10.9. The summed E-state index contributed by atoms with van der Waals surface area (Å²) in [6.45, 7) is 3.38. The number of nitrogens with two attached hydrogens (primary N) is 1. The highest BCUT2D eigenvalue weighted by Gasteiger charge is 2.17. The third-order valence-corrected chi connectivity index (χ3v) is 2.10. The second-order valence-electron chi connectivity index (χ2n) is 3.27. The first-order chi connectivity index (χ1) is 6.49. The van der Waals surface area contributed by atoms with E-state index in [4.69, 9.17) is 10.5 Å². The third-order valence-electron chi connectivity index (χ3n) is 2.10. The van der Waals surface area contributed by atoms with Crippen LogP contribution in [0.1, 0.15) is 24.1 Å². The van der Waals surface area contributed by atoms with Gasteiger partial charge in [-0.3, -0.25) is 0 Å². The van der Waals surface area contributed by atoms with Crippen molar-refractivity contribution in [3.8, 4) is 11.5 Å². The summed E-state index contributed by atoms with van der Waals surface area (Å²) in [5.41, 5.74) is 6.51. The average Bonchev–Trinajstić information content (AvgIpc) is 2.12. The second kappa shape index (κ2) is 3.84. The number of aryl methyl sites for hydroxylation is 1. The highest BCUT2D eigenvalue weighted by molar-refractivity contribution is 5.49. The van der Waals surface area contributed by atoms with E-state index < -0.39 is 17.6 Å². The molecule has 1 unspecified atom stereocenters. The first-order valence-corrected chi connectivity index (χ1v) is 4.30. The summed E-state index contributed by atoms with van der Waals surface area (Å²) in [5, 5.41) is 9.45. The van der Waals surface area contributed by atoms with Gasteiger partial charge in [0.05, 0.1) is 7.11 Å². The van der Waals surface area contributed by atoms with Gasteiger partial charge in [-0.15, -0.1) is 0 Å². The fraction of sp³-hybridized carbons (Fsp3) is 0.400. The van der Waals surface area contributed by atoms with Gasteiger partial charge in [0.15, 0.2) is 17.3 Å². The molecule has 0 aromatic heterocycles. The van der Waals surface area contributed by atoms with E-state index in [1.165, 1.54) is 7.11 Å². The Morgan fingerprint density at radius 2 is 2.14 bits per heavy atom. The first kappa shape index (κ1) is 10.8. The SMILES string of the molecule is COc1c(C)cc(C(C)N)c(F)c1O. The number of hydrogen-bond acceptors (Lipinski definition) is 3. The van der Waals surface area contributed by atoms with Gasteiger partial charge in [0.25, 0.3) is 0 Å². The molecule has 1 rings (SSSR count). The van der Waals surface area contributed by atoms with Crippen LogP contribution >= 0.6 is 0 Å². The molecule has 0 saturated heterocycles. The smallest absolute Gasteiger partial charge is 0.194 e. The van der Waals surface area contributed by atoms with Crippen molar-refractivity contribution in [3.63, 3.8) is 0 Å². The molecule has 0 saturated carbocycles. The lowest BCUT2D eigenvalue weighted by molar-refractivity contribution is 0.352. The Bertz CT molecular complexity index is 350. The molecular weight excluding hydrogens is 185 g/mol. The fourth-order valence-corrected chi connectivity index (χ4v) is 1.37. The van der Waals surface area contributed by atoms with Gasteiger partial charge in [-0.2, -0.15) is 0 Å². The average molecular weight is 199 g/mol. The maximum Gasteiger partial charge on any atom is 0.194 e. The first-order valence-electron chi connectivity index (χ1n) is 4.30. The fourth-order valence-electron chi connectivity index (χ4n) is 1.37. The number of aromatic hydroxyl groups is 1. The second-order valence-corrected chi connectivity index (χ2v) is 3.27. The molecule has 0 bridgehead atoms. The molecule has 1 aromatic carbocycles. The van der Waals surface area contributed by atoms with Crippen LogP contribution in [0.5, 0.6) is 11.5 Å². The zero-order valence-electron chi connectivity index (χ0n) is 8.47. The van der Waals surface area contributed by atoms with Gasteiger partial charge < -0.3 is 15.6 Å². The Morgan fingerprint density at radius 3 is 2.57 bits per heavy atom. The molecular formula is C10H14FNO2. The van der Waals surface area contributed by atoms with Crippen LogP contribution in [0.4, 0.5) is 4.39 Å². The van der Waals surface area contributed by atoms with E-state index in [9.17, 15) is 9.50 Å². The van der Waals surface area contributed by atoms with Crippen LogP contribution in [0.3, 0.4) is 0 Å². The number of methoxy groups -OCH3 is 1. The number of rotatable bonds is 2. The van der Waals surface area contributed by atoms with E-state index in [1.807, 2.05) is 0 Å². The summed E-state index contributed by atoms with van der Waals surface area (Å²) < 4.78 is 18.3. The minimum Gasteiger partial charge on any atom is -0.502 e. The molecule has 0 radical (unpaired) electrons. The van der Waals surface area contributed by atoms with Crippen molar-refractivity contribution in [2.24, 2.45) is 5.73 Å². The predicted molar refractivity (Wildman–Crippen MR) is 52.0 cm³/mol. The Labute approximate surface area is 82.3 Å². The lowest BCUT2D eigenvalue weighted by Gasteiger charge is -2.13.